The summed E-state index contributed by atoms with van der Waals surface area (Å²) in [5.74, 6) is -0.874. The number of nitrogens with one attached hydrogen (secondary N) is 1. The summed E-state index contributed by atoms with van der Waals surface area (Å²) in [6.45, 7) is -0.118. The number of rotatable bonds is 9. The van der Waals surface area contributed by atoms with Crippen LogP contribution in [0.1, 0.15) is 6.42 Å². The lowest BCUT2D eigenvalue weighted by Crippen LogP contribution is -2.17. The van der Waals surface area contributed by atoms with Gasteiger partial charge in [0.15, 0.2) is 6.61 Å². The van der Waals surface area contributed by atoms with Crippen molar-refractivity contribution >= 4 is 21.7 Å². The van der Waals surface area contributed by atoms with Gasteiger partial charge in [0.1, 0.15) is 5.75 Å². The highest BCUT2D eigenvalue weighted by molar-refractivity contribution is 7.92. The fourth-order valence-corrected chi connectivity index (χ4v) is 2.50. The van der Waals surface area contributed by atoms with Crippen LogP contribution < -0.4 is 9.46 Å². The molecule has 0 saturated heterocycles. The minimum Gasteiger partial charge on any atom is -0.482 e. The van der Waals surface area contributed by atoms with Crippen molar-refractivity contribution < 1.29 is 27.8 Å². The number of anilines is 1. The van der Waals surface area contributed by atoms with Crippen molar-refractivity contribution in [2.75, 3.05) is 30.8 Å². The number of carbonyl (C=O) groups is 1. The SMILES string of the molecule is COCCCS(=O)(=O)Nc1cccc(OCC(=O)O)c1. The van der Waals surface area contributed by atoms with Crippen LogP contribution >= 0.6 is 0 Å². The first-order valence-electron chi connectivity index (χ1n) is 5.87. The maximum absolute atomic E-state index is 11.8. The van der Waals surface area contributed by atoms with Gasteiger partial charge in [-0.2, -0.15) is 0 Å². The van der Waals surface area contributed by atoms with Crippen LogP contribution in [0.2, 0.25) is 0 Å². The Morgan fingerprint density at radius 2 is 2.15 bits per heavy atom. The standard InChI is InChI=1S/C12H17NO6S/c1-18-6-3-7-20(16,17)13-10-4-2-5-11(8-10)19-9-12(14)15/h2,4-5,8,13H,3,6-7,9H2,1H3,(H,14,15). The van der Waals surface area contributed by atoms with Crippen molar-refractivity contribution in [2.45, 2.75) is 6.42 Å². The van der Waals surface area contributed by atoms with E-state index in [9.17, 15) is 13.2 Å². The van der Waals surface area contributed by atoms with Gasteiger partial charge in [0.05, 0.1) is 11.4 Å². The minimum absolute atomic E-state index is 0.0545. The molecule has 0 atom stereocenters. The van der Waals surface area contributed by atoms with Crippen LogP contribution in [0.15, 0.2) is 24.3 Å². The molecule has 0 heterocycles. The first kappa shape index (κ1) is 16.3. The third-order valence-corrected chi connectivity index (χ3v) is 3.60. The van der Waals surface area contributed by atoms with Crippen molar-refractivity contribution in [1.82, 2.24) is 0 Å². The van der Waals surface area contributed by atoms with Gasteiger partial charge in [-0.25, -0.2) is 13.2 Å². The van der Waals surface area contributed by atoms with Gasteiger partial charge in [-0.3, -0.25) is 4.72 Å². The molecule has 7 nitrogen and oxygen atoms in total. The second-order valence-electron chi connectivity index (χ2n) is 3.98. The smallest absolute Gasteiger partial charge is 0.341 e. The molecule has 0 unspecified atom stereocenters. The summed E-state index contributed by atoms with van der Waals surface area (Å²) < 4.78 is 35.7. The molecule has 0 aliphatic carbocycles. The Bertz CT molecular complexity index is 543. The Balaban J connectivity index is 2.63. The average Bonchev–Trinajstić information content (AvgIpc) is 2.36. The molecule has 8 heteroatoms. The summed E-state index contributed by atoms with van der Waals surface area (Å²) >= 11 is 0. The third-order valence-electron chi connectivity index (χ3n) is 2.23. The van der Waals surface area contributed by atoms with E-state index >= 15 is 0 Å². The molecule has 0 bridgehead atoms. The number of hydrogen-bond acceptors (Lipinski definition) is 5. The van der Waals surface area contributed by atoms with Crippen LogP contribution in [0.4, 0.5) is 5.69 Å². The van der Waals surface area contributed by atoms with Crippen molar-refractivity contribution in [2.24, 2.45) is 0 Å². The van der Waals surface area contributed by atoms with Crippen LogP contribution in [-0.4, -0.2) is 45.6 Å². The molecule has 0 aromatic heterocycles. The molecule has 0 fully saturated rings. The van der Waals surface area contributed by atoms with E-state index in [0.29, 0.717) is 18.7 Å². The van der Waals surface area contributed by atoms with E-state index in [1.807, 2.05) is 0 Å². The molecule has 20 heavy (non-hydrogen) atoms. The Morgan fingerprint density at radius 3 is 2.80 bits per heavy atom. The second kappa shape index (κ2) is 7.71. The Hall–Kier alpha value is -1.80. The minimum atomic E-state index is -3.46. The number of sulfonamides is 1. The van der Waals surface area contributed by atoms with E-state index in [-0.39, 0.29) is 11.5 Å². The molecule has 0 spiro atoms. The molecule has 0 saturated carbocycles. The summed E-state index contributed by atoms with van der Waals surface area (Å²) in [7, 11) is -1.95. The number of aliphatic carboxylic acids is 1. The second-order valence-corrected chi connectivity index (χ2v) is 5.82. The maximum Gasteiger partial charge on any atom is 0.341 e. The summed E-state index contributed by atoms with van der Waals surface area (Å²) in [6.07, 6.45) is 0.390. The zero-order valence-corrected chi connectivity index (χ0v) is 11.9. The molecule has 0 aliphatic heterocycles. The first-order chi connectivity index (χ1) is 9.43. The molecule has 112 valence electrons. The average molecular weight is 303 g/mol. The number of carboxylic acid groups (broad SMARTS) is 1. The maximum atomic E-state index is 11.8. The predicted octanol–water partition coefficient (Wildman–Crippen LogP) is 0.928. The lowest BCUT2D eigenvalue weighted by Gasteiger charge is -2.09. The van der Waals surface area contributed by atoms with Gasteiger partial charge in [0.25, 0.3) is 0 Å². The van der Waals surface area contributed by atoms with E-state index < -0.39 is 22.6 Å². The van der Waals surface area contributed by atoms with Gasteiger partial charge in [-0.15, -0.1) is 0 Å². The number of carboxylic acids is 1. The summed E-state index contributed by atoms with van der Waals surface area (Å²) in [4.78, 5) is 10.4. The largest absolute Gasteiger partial charge is 0.482 e. The topological polar surface area (TPSA) is 102 Å². The lowest BCUT2D eigenvalue weighted by molar-refractivity contribution is -0.139. The molecule has 2 N–H and O–H groups in total. The van der Waals surface area contributed by atoms with Gasteiger partial charge in [-0.1, -0.05) is 6.07 Å². The third kappa shape index (κ3) is 6.39. The fourth-order valence-electron chi connectivity index (χ4n) is 1.42. The van der Waals surface area contributed by atoms with Gasteiger partial charge in [0, 0.05) is 19.8 Å². The zero-order chi connectivity index (χ0) is 15.0. The molecule has 1 aromatic rings. The molecular formula is C12H17NO6S. The predicted molar refractivity (Wildman–Crippen MR) is 73.5 cm³/mol. The van der Waals surface area contributed by atoms with E-state index in [4.69, 9.17) is 14.6 Å². The number of benzene rings is 1. The highest BCUT2D eigenvalue weighted by Crippen LogP contribution is 2.18. The van der Waals surface area contributed by atoms with E-state index in [0.717, 1.165) is 0 Å². The number of methoxy groups -OCH3 is 1. The summed E-state index contributed by atoms with van der Waals surface area (Å²) in [5.41, 5.74) is 0.324. The van der Waals surface area contributed by atoms with Gasteiger partial charge in [0.2, 0.25) is 10.0 Å². The summed E-state index contributed by atoms with van der Waals surface area (Å²) in [6, 6.07) is 6.11. The van der Waals surface area contributed by atoms with E-state index in [2.05, 4.69) is 4.72 Å². The monoisotopic (exact) mass is 303 g/mol. The highest BCUT2D eigenvalue weighted by Gasteiger charge is 2.10. The van der Waals surface area contributed by atoms with Crippen LogP contribution in [0, 0.1) is 0 Å². The van der Waals surface area contributed by atoms with Crippen LogP contribution in [-0.2, 0) is 19.6 Å². The van der Waals surface area contributed by atoms with Crippen LogP contribution in [0.3, 0.4) is 0 Å². The van der Waals surface area contributed by atoms with Crippen molar-refractivity contribution in [3.05, 3.63) is 24.3 Å². The van der Waals surface area contributed by atoms with Gasteiger partial charge in [-0.05, 0) is 18.6 Å². The molecule has 1 rings (SSSR count). The van der Waals surface area contributed by atoms with Gasteiger partial charge < -0.3 is 14.6 Å². The molecule has 1 aromatic carbocycles. The van der Waals surface area contributed by atoms with Crippen LogP contribution in [0.5, 0.6) is 5.75 Å². The summed E-state index contributed by atoms with van der Waals surface area (Å²) in [5, 5.41) is 8.50. The van der Waals surface area contributed by atoms with Gasteiger partial charge >= 0.3 is 5.97 Å². The number of ether oxygens (including phenoxy) is 2. The Morgan fingerprint density at radius 1 is 1.40 bits per heavy atom. The molecule has 0 radical (unpaired) electrons. The van der Waals surface area contributed by atoms with Crippen molar-refractivity contribution in [1.29, 1.82) is 0 Å². The fraction of sp³-hybridized carbons (Fsp3) is 0.417. The quantitative estimate of drug-likeness (QED) is 0.658. The highest BCUT2D eigenvalue weighted by atomic mass is 32.2. The van der Waals surface area contributed by atoms with Crippen molar-refractivity contribution in [3.63, 3.8) is 0 Å². The van der Waals surface area contributed by atoms with E-state index in [1.54, 1.807) is 18.2 Å². The first-order valence-corrected chi connectivity index (χ1v) is 7.52. The number of hydrogen-bond donors (Lipinski definition) is 2. The zero-order valence-electron chi connectivity index (χ0n) is 11.0. The Labute approximate surface area is 117 Å². The molecule has 0 aliphatic rings. The van der Waals surface area contributed by atoms with E-state index in [1.165, 1.54) is 13.2 Å². The Kier molecular flexibility index (Phi) is 6.26. The molecule has 0 amide bonds. The normalized spacial score (nSPS) is 11.1. The van der Waals surface area contributed by atoms with Crippen LogP contribution in [0.25, 0.3) is 0 Å². The molecular weight excluding hydrogens is 286 g/mol. The lowest BCUT2D eigenvalue weighted by atomic mass is 10.3. The van der Waals surface area contributed by atoms with Crippen molar-refractivity contribution in [3.8, 4) is 5.75 Å².